The maximum absolute atomic E-state index is 12.6. The van der Waals surface area contributed by atoms with Gasteiger partial charge in [-0.1, -0.05) is 38.5 Å². The van der Waals surface area contributed by atoms with Crippen LogP contribution < -0.4 is 4.72 Å². The van der Waals surface area contributed by atoms with Crippen molar-refractivity contribution in [3.8, 4) is 0 Å². The van der Waals surface area contributed by atoms with Crippen LogP contribution in [0.25, 0.3) is 0 Å². The molecule has 132 valence electrons. The van der Waals surface area contributed by atoms with Crippen LogP contribution in [0.2, 0.25) is 0 Å². The van der Waals surface area contributed by atoms with Gasteiger partial charge in [0, 0.05) is 12.6 Å². The van der Waals surface area contributed by atoms with Crippen molar-refractivity contribution >= 4 is 16.1 Å². The Kier molecular flexibility index (Phi) is 3.94. The first-order valence-corrected chi connectivity index (χ1v) is 9.88. The van der Waals surface area contributed by atoms with Gasteiger partial charge in [-0.3, -0.25) is 0 Å². The molecule has 0 aromatic heterocycles. The molecule has 1 N–H and O–H groups in total. The molecule has 0 spiro atoms. The Morgan fingerprint density at radius 3 is 2.42 bits per heavy atom. The SMILES string of the molecule is Cc1ccc(S(=O)(=O)NC(=O)N2C[C@@]3(C)C[C@@H]2CC(C)(C)C3)cc1. The van der Waals surface area contributed by atoms with E-state index < -0.39 is 16.1 Å². The van der Waals surface area contributed by atoms with Crippen molar-refractivity contribution < 1.29 is 13.2 Å². The molecule has 5 nitrogen and oxygen atoms in total. The third kappa shape index (κ3) is 3.29. The van der Waals surface area contributed by atoms with E-state index in [2.05, 4.69) is 25.5 Å². The van der Waals surface area contributed by atoms with Crippen molar-refractivity contribution in [1.82, 2.24) is 9.62 Å². The second-order valence-corrected chi connectivity index (χ2v) is 10.2. The van der Waals surface area contributed by atoms with Crippen molar-refractivity contribution in [3.05, 3.63) is 29.8 Å². The number of likely N-dealkylation sites (tertiary alicyclic amines) is 1. The zero-order valence-corrected chi connectivity index (χ0v) is 15.6. The highest BCUT2D eigenvalue weighted by atomic mass is 32.2. The molecule has 6 heteroatoms. The first-order chi connectivity index (χ1) is 11.0. The van der Waals surface area contributed by atoms with E-state index in [9.17, 15) is 13.2 Å². The molecule has 1 saturated carbocycles. The van der Waals surface area contributed by atoms with Gasteiger partial charge in [0.1, 0.15) is 0 Å². The predicted molar refractivity (Wildman–Crippen MR) is 93.1 cm³/mol. The van der Waals surface area contributed by atoms with Gasteiger partial charge in [0.15, 0.2) is 0 Å². The van der Waals surface area contributed by atoms with Gasteiger partial charge >= 0.3 is 6.03 Å². The number of amides is 2. The third-order valence-corrected chi connectivity index (χ3v) is 6.56. The lowest BCUT2D eigenvalue weighted by Gasteiger charge is -2.39. The number of urea groups is 1. The van der Waals surface area contributed by atoms with Crippen molar-refractivity contribution in [1.29, 1.82) is 0 Å². The third-order valence-electron chi connectivity index (χ3n) is 5.23. The number of rotatable bonds is 2. The van der Waals surface area contributed by atoms with Crippen LogP contribution in [0, 0.1) is 17.8 Å². The number of hydrogen-bond acceptors (Lipinski definition) is 3. The van der Waals surface area contributed by atoms with Crippen LogP contribution in [-0.4, -0.2) is 31.9 Å². The van der Waals surface area contributed by atoms with Crippen molar-refractivity contribution in [2.75, 3.05) is 6.54 Å². The Morgan fingerprint density at radius 1 is 1.17 bits per heavy atom. The second-order valence-electron chi connectivity index (χ2n) is 8.57. The van der Waals surface area contributed by atoms with E-state index in [1.807, 2.05) is 6.92 Å². The number of sulfonamides is 1. The molecule has 1 aliphatic heterocycles. The zero-order chi connectivity index (χ0) is 17.8. The summed E-state index contributed by atoms with van der Waals surface area (Å²) in [4.78, 5) is 14.5. The summed E-state index contributed by atoms with van der Waals surface area (Å²) in [6.45, 7) is 9.16. The largest absolute Gasteiger partial charge is 0.331 e. The van der Waals surface area contributed by atoms with Gasteiger partial charge < -0.3 is 4.90 Å². The lowest BCUT2D eigenvalue weighted by molar-refractivity contribution is 0.129. The number of hydrogen-bond donors (Lipinski definition) is 1. The van der Waals surface area contributed by atoms with Crippen LogP contribution in [0.5, 0.6) is 0 Å². The molecule has 24 heavy (non-hydrogen) atoms. The molecule has 2 amide bonds. The molecule has 1 aromatic rings. The molecule has 2 bridgehead atoms. The summed E-state index contributed by atoms with van der Waals surface area (Å²) in [5.74, 6) is 0. The monoisotopic (exact) mass is 350 g/mol. The Balaban J connectivity index is 1.77. The number of carbonyl (C=O) groups excluding carboxylic acids is 1. The fourth-order valence-electron chi connectivity index (χ4n) is 4.65. The van der Waals surface area contributed by atoms with Crippen LogP contribution >= 0.6 is 0 Å². The van der Waals surface area contributed by atoms with Crippen LogP contribution in [0.4, 0.5) is 4.79 Å². The maximum atomic E-state index is 12.6. The van der Waals surface area contributed by atoms with Gasteiger partial charge in [0.2, 0.25) is 0 Å². The number of nitrogens with zero attached hydrogens (tertiary/aromatic N) is 1. The summed E-state index contributed by atoms with van der Waals surface area (Å²) >= 11 is 0. The average molecular weight is 350 g/mol. The summed E-state index contributed by atoms with van der Waals surface area (Å²) in [5, 5.41) is 0. The lowest BCUT2D eigenvalue weighted by Crippen LogP contribution is -2.45. The van der Waals surface area contributed by atoms with Crippen molar-refractivity contribution in [2.45, 2.75) is 57.9 Å². The zero-order valence-electron chi connectivity index (χ0n) is 14.8. The summed E-state index contributed by atoms with van der Waals surface area (Å²) in [6.07, 6.45) is 2.93. The summed E-state index contributed by atoms with van der Waals surface area (Å²) in [6, 6.07) is 6.13. The molecule has 1 aliphatic carbocycles. The Hall–Kier alpha value is -1.56. The second kappa shape index (κ2) is 5.48. The molecule has 1 heterocycles. The first kappa shape index (κ1) is 17.3. The van der Waals surface area contributed by atoms with Crippen LogP contribution in [-0.2, 0) is 10.0 Å². The Morgan fingerprint density at radius 2 is 1.79 bits per heavy atom. The molecule has 0 radical (unpaired) electrons. The van der Waals surface area contributed by atoms with E-state index in [0.717, 1.165) is 24.8 Å². The Labute approximate surface area is 144 Å². The highest BCUT2D eigenvalue weighted by Gasteiger charge is 2.51. The average Bonchev–Trinajstić information content (AvgIpc) is 2.68. The standard InChI is InChI=1S/C18H26N2O3S/c1-13-5-7-15(8-6-13)24(22,23)19-16(21)20-12-18(4)10-14(20)9-17(2,3)11-18/h5-8,14H,9-12H2,1-4H3,(H,19,21)/t14-,18-/m0/s1. The molecular weight excluding hydrogens is 324 g/mol. The number of aryl methyl sites for hydroxylation is 1. The normalized spacial score (nSPS) is 28.7. The summed E-state index contributed by atoms with van der Waals surface area (Å²) in [5.41, 5.74) is 1.24. The maximum Gasteiger partial charge on any atom is 0.331 e. The summed E-state index contributed by atoms with van der Waals surface area (Å²) in [7, 11) is -3.83. The van der Waals surface area contributed by atoms with Gasteiger partial charge in [-0.05, 0) is 49.1 Å². The van der Waals surface area contributed by atoms with E-state index in [1.165, 1.54) is 12.1 Å². The van der Waals surface area contributed by atoms with Crippen molar-refractivity contribution in [2.24, 2.45) is 10.8 Å². The molecule has 2 aliphatic rings. The van der Waals surface area contributed by atoms with E-state index in [-0.39, 0.29) is 21.8 Å². The molecule has 1 aromatic carbocycles. The van der Waals surface area contributed by atoms with Gasteiger partial charge in [-0.15, -0.1) is 0 Å². The predicted octanol–water partition coefficient (Wildman–Crippen LogP) is 3.29. The number of fused-ring (bicyclic) bond motifs is 2. The van der Waals surface area contributed by atoms with Gasteiger partial charge in [0.25, 0.3) is 10.0 Å². The molecule has 2 fully saturated rings. The molecule has 3 rings (SSSR count). The van der Waals surface area contributed by atoms with E-state index >= 15 is 0 Å². The van der Waals surface area contributed by atoms with Gasteiger partial charge in [-0.25, -0.2) is 17.9 Å². The van der Waals surface area contributed by atoms with Gasteiger partial charge in [0.05, 0.1) is 4.90 Å². The lowest BCUT2D eigenvalue weighted by atomic mass is 9.65. The number of benzene rings is 1. The van der Waals surface area contributed by atoms with Crippen LogP contribution in [0.15, 0.2) is 29.2 Å². The quantitative estimate of drug-likeness (QED) is 0.890. The summed E-state index contributed by atoms with van der Waals surface area (Å²) < 4.78 is 27.2. The highest BCUT2D eigenvalue weighted by Crippen LogP contribution is 2.52. The van der Waals surface area contributed by atoms with E-state index in [4.69, 9.17) is 0 Å². The topological polar surface area (TPSA) is 66.5 Å². The smallest absolute Gasteiger partial charge is 0.320 e. The minimum atomic E-state index is -3.83. The first-order valence-electron chi connectivity index (χ1n) is 8.40. The molecular formula is C18H26N2O3S. The van der Waals surface area contributed by atoms with Gasteiger partial charge in [-0.2, -0.15) is 0 Å². The minimum absolute atomic E-state index is 0.0807. The highest BCUT2D eigenvalue weighted by molar-refractivity contribution is 7.90. The fraction of sp³-hybridized carbons (Fsp3) is 0.611. The molecule has 2 atom stereocenters. The van der Waals surface area contributed by atoms with E-state index in [0.29, 0.717) is 6.54 Å². The van der Waals surface area contributed by atoms with Crippen LogP contribution in [0.1, 0.15) is 45.6 Å². The minimum Gasteiger partial charge on any atom is -0.320 e. The Bertz CT molecular complexity index is 755. The number of carbonyl (C=O) groups is 1. The fourth-order valence-corrected chi connectivity index (χ4v) is 5.61. The molecule has 1 saturated heterocycles. The molecule has 0 unspecified atom stereocenters. The van der Waals surface area contributed by atoms with Crippen molar-refractivity contribution in [3.63, 3.8) is 0 Å². The van der Waals surface area contributed by atoms with Crippen LogP contribution in [0.3, 0.4) is 0 Å². The number of nitrogens with one attached hydrogen (secondary N) is 1. The van der Waals surface area contributed by atoms with E-state index in [1.54, 1.807) is 17.0 Å².